The summed E-state index contributed by atoms with van der Waals surface area (Å²) in [5, 5.41) is 16.1. The first-order valence-corrected chi connectivity index (χ1v) is 34.0. The minimum absolute atomic E-state index is 0. The SMILES string of the molecule is C.C.CC/C(=N\OC(=O)c1ccccc1)C(=O)c1ccc(Sc2ccccc2)cc1.CCn1c2ccc(C(=O)c3ccc(SCc4ccccc4)cc3Cl)cc2c2cc(/C(C)=N/OC(C)=O)ccc21.CCn1c2ccc(C(=O)c3ccccc3C)cc2c2cc(/C(C)=N/OC(C)=O)ccc21. The molecule has 0 saturated carbocycles. The fraction of sp³-hybridized carbons (Fsp3) is 0.169. The molecule has 12 aromatic rings. The first kappa shape index (κ1) is 75.0. The average molecular weight is 1390 g/mol. The van der Waals surface area contributed by atoms with Crippen LogP contribution in [0.5, 0.6) is 0 Å². The summed E-state index contributed by atoms with van der Waals surface area (Å²) < 4.78 is 4.45. The maximum atomic E-state index is 13.6. The van der Waals surface area contributed by atoms with Crippen LogP contribution in [0, 0.1) is 6.92 Å². The number of Topliss-reactive ketones (excluding diaryl/α,β-unsaturated/α-hetero) is 1. The summed E-state index contributed by atoms with van der Waals surface area (Å²) in [5.74, 6) is -1.04. The summed E-state index contributed by atoms with van der Waals surface area (Å²) in [6.45, 7) is 15.8. The molecule has 0 aliphatic heterocycles. The van der Waals surface area contributed by atoms with Crippen LogP contribution in [0.2, 0.25) is 5.02 Å². The van der Waals surface area contributed by atoms with E-state index in [1.165, 1.54) is 19.4 Å². The van der Waals surface area contributed by atoms with E-state index in [9.17, 15) is 28.8 Å². The number of carbonyl (C=O) groups excluding carboxylic acids is 6. The van der Waals surface area contributed by atoms with Gasteiger partial charge in [-0.25, -0.2) is 14.4 Å². The van der Waals surface area contributed by atoms with Crippen LogP contribution in [0.15, 0.2) is 261 Å². The molecule has 0 radical (unpaired) electrons. The predicted molar refractivity (Wildman–Crippen MR) is 408 cm³/mol. The van der Waals surface area contributed by atoms with Crippen molar-refractivity contribution in [2.75, 3.05) is 0 Å². The number of aryl methyl sites for hydroxylation is 3. The number of hydrogen-bond acceptors (Lipinski definition) is 14. The Kier molecular flexibility index (Phi) is 26.3. The van der Waals surface area contributed by atoms with E-state index in [1.807, 2.05) is 183 Å². The molecule has 0 saturated heterocycles. The van der Waals surface area contributed by atoms with Gasteiger partial charge in [0.05, 0.1) is 22.0 Å². The number of halogens is 1. The molecule has 0 N–H and O–H groups in total. The van der Waals surface area contributed by atoms with Crippen molar-refractivity contribution in [3.8, 4) is 0 Å². The summed E-state index contributed by atoms with van der Waals surface area (Å²) in [4.78, 5) is 91.4. The minimum atomic E-state index is -0.589. The number of aromatic nitrogens is 2. The number of rotatable bonds is 20. The zero-order valence-corrected chi connectivity index (χ0v) is 57.8. The zero-order chi connectivity index (χ0) is 69.4. The Morgan fingerprint density at radius 1 is 0.420 bits per heavy atom. The molecular formula is C83H78ClN5O9S2. The second-order valence-electron chi connectivity index (χ2n) is 22.7. The maximum Gasteiger partial charge on any atom is 0.365 e. The molecule has 0 fully saturated rings. The van der Waals surface area contributed by atoms with E-state index >= 15 is 0 Å². The molecule has 10 aromatic carbocycles. The van der Waals surface area contributed by atoms with Crippen molar-refractivity contribution in [2.24, 2.45) is 15.5 Å². The van der Waals surface area contributed by atoms with E-state index in [0.717, 1.165) is 93.8 Å². The van der Waals surface area contributed by atoms with Gasteiger partial charge in [-0.1, -0.05) is 164 Å². The maximum absolute atomic E-state index is 13.6. The summed E-state index contributed by atoms with van der Waals surface area (Å²) in [5.41, 5.74) is 12.9. The Morgan fingerprint density at radius 3 is 1.31 bits per heavy atom. The predicted octanol–water partition coefficient (Wildman–Crippen LogP) is 20.8. The molecule has 100 heavy (non-hydrogen) atoms. The molecule has 0 aliphatic carbocycles. The molecule has 508 valence electrons. The quantitative estimate of drug-likeness (QED) is 0.0233. The van der Waals surface area contributed by atoms with E-state index in [4.69, 9.17) is 26.1 Å². The standard InChI is InChI=1S/C32H27ClN2O3S.C26H24N2O3.C23H19NO3S.2CH4/c1-4-35-30-14-10-23(20(2)34-38-21(3)36)16-27(30)28-17-24(11-15-31(28)35)32(37)26-13-12-25(18-29(26)33)39-19-22-8-6-5-7-9-22;1-5-28-24-12-10-19(17(3)27-31-18(4)29)14-22(24)23-15-20(11-13-25(23)28)26(30)21-9-7-6-8-16(21)2;1-2-21(24-27-23(26)18-9-5-3-6-10-18)22(25)17-13-15-20(16-14-17)28-19-11-7-4-8-12-19;;/h5-18H,4,19H2,1-3H3;6-15H,5H2,1-4H3;3-16H,2H2,1H3;2*1H4/b34-20+;27-17+;24-21+;;. The normalized spacial score (nSPS) is 11.3. The van der Waals surface area contributed by atoms with Crippen LogP contribution >= 0.6 is 35.1 Å². The lowest BCUT2D eigenvalue weighted by atomic mass is 9.97. The molecule has 0 bridgehead atoms. The van der Waals surface area contributed by atoms with Crippen molar-refractivity contribution in [3.05, 3.63) is 291 Å². The van der Waals surface area contributed by atoms with Gasteiger partial charge in [-0.05, 0) is 191 Å². The van der Waals surface area contributed by atoms with Gasteiger partial charge in [0.2, 0.25) is 5.78 Å². The van der Waals surface area contributed by atoms with E-state index in [1.54, 1.807) is 86.8 Å². The number of fused-ring (bicyclic) bond motifs is 6. The average Bonchev–Trinajstić information content (AvgIpc) is 1.61. The van der Waals surface area contributed by atoms with Crippen LogP contribution in [0.3, 0.4) is 0 Å². The molecule has 0 spiro atoms. The van der Waals surface area contributed by atoms with Crippen molar-refractivity contribution in [1.29, 1.82) is 0 Å². The fourth-order valence-corrected chi connectivity index (χ4v) is 13.2. The highest BCUT2D eigenvalue weighted by atomic mass is 35.5. The number of nitrogens with zero attached hydrogens (tertiary/aromatic N) is 5. The Morgan fingerprint density at radius 2 is 0.840 bits per heavy atom. The first-order chi connectivity index (χ1) is 47.4. The number of carbonyl (C=O) groups is 6. The number of benzene rings is 10. The lowest BCUT2D eigenvalue weighted by Gasteiger charge is -2.08. The summed E-state index contributed by atoms with van der Waals surface area (Å²) >= 11 is 9.92. The molecule has 0 atom stereocenters. The summed E-state index contributed by atoms with van der Waals surface area (Å²) in [6, 6.07) is 73.1. The highest BCUT2D eigenvalue weighted by Crippen LogP contribution is 2.36. The number of oxime groups is 3. The lowest BCUT2D eigenvalue weighted by Crippen LogP contribution is -2.15. The number of ketones is 3. The fourth-order valence-electron chi connectivity index (χ4n) is 11.1. The van der Waals surface area contributed by atoms with Crippen molar-refractivity contribution in [1.82, 2.24) is 9.13 Å². The minimum Gasteiger partial charge on any atom is -0.341 e. The third-order valence-electron chi connectivity index (χ3n) is 16.1. The van der Waals surface area contributed by atoms with Crippen LogP contribution < -0.4 is 0 Å². The molecule has 14 nitrogen and oxygen atoms in total. The van der Waals surface area contributed by atoms with Gasteiger partial charge in [0, 0.05) is 119 Å². The van der Waals surface area contributed by atoms with Crippen molar-refractivity contribution >= 4 is 131 Å². The third kappa shape index (κ3) is 18.1. The van der Waals surface area contributed by atoms with E-state index in [0.29, 0.717) is 56.2 Å². The number of thioether (sulfide) groups is 1. The van der Waals surface area contributed by atoms with Gasteiger partial charge in [-0.15, -0.1) is 11.8 Å². The van der Waals surface area contributed by atoms with Gasteiger partial charge < -0.3 is 23.6 Å². The Balaban J connectivity index is 0.000000192. The van der Waals surface area contributed by atoms with Crippen LogP contribution in [0.4, 0.5) is 0 Å². The van der Waals surface area contributed by atoms with E-state index in [2.05, 4.69) is 50.6 Å². The molecule has 2 aromatic heterocycles. The van der Waals surface area contributed by atoms with Gasteiger partial charge in [-0.3, -0.25) is 14.4 Å². The van der Waals surface area contributed by atoms with Gasteiger partial charge >= 0.3 is 17.9 Å². The van der Waals surface area contributed by atoms with Gasteiger partial charge in [0.25, 0.3) is 0 Å². The van der Waals surface area contributed by atoms with Gasteiger partial charge in [0.1, 0.15) is 5.71 Å². The zero-order valence-electron chi connectivity index (χ0n) is 55.4. The molecule has 2 heterocycles. The van der Waals surface area contributed by atoms with E-state index in [-0.39, 0.29) is 37.9 Å². The van der Waals surface area contributed by atoms with E-state index < -0.39 is 17.9 Å². The molecule has 0 amide bonds. The van der Waals surface area contributed by atoms with Gasteiger partial charge in [-0.2, -0.15) is 0 Å². The largest absolute Gasteiger partial charge is 0.365 e. The van der Waals surface area contributed by atoms with Gasteiger partial charge in [0.15, 0.2) is 11.6 Å². The Bertz CT molecular complexity index is 5070. The summed E-state index contributed by atoms with van der Waals surface area (Å²) in [7, 11) is 0. The van der Waals surface area contributed by atoms with Crippen LogP contribution in [0.1, 0.15) is 145 Å². The van der Waals surface area contributed by atoms with Crippen molar-refractivity contribution in [2.45, 2.75) is 110 Å². The molecule has 0 unspecified atom stereocenters. The lowest BCUT2D eigenvalue weighted by molar-refractivity contribution is -0.141. The smallest absolute Gasteiger partial charge is 0.341 e. The van der Waals surface area contributed by atoms with Crippen LogP contribution in [-0.4, -0.2) is 61.5 Å². The van der Waals surface area contributed by atoms with Crippen molar-refractivity contribution in [3.63, 3.8) is 0 Å². The Hall–Kier alpha value is -10.8. The highest BCUT2D eigenvalue weighted by molar-refractivity contribution is 7.99. The molecule has 12 rings (SSSR count). The topological polar surface area (TPSA) is 177 Å². The molecule has 17 heteroatoms. The monoisotopic (exact) mass is 1390 g/mol. The second kappa shape index (κ2) is 35.1. The first-order valence-electron chi connectivity index (χ1n) is 31.8. The van der Waals surface area contributed by atoms with Crippen molar-refractivity contribution < 1.29 is 43.3 Å². The third-order valence-corrected chi connectivity index (χ3v) is 18.5. The second-order valence-corrected chi connectivity index (χ2v) is 25.3. The molecular weight excluding hydrogens is 1310 g/mol. The van der Waals surface area contributed by atoms with Crippen LogP contribution in [0.25, 0.3) is 43.6 Å². The highest BCUT2D eigenvalue weighted by Gasteiger charge is 2.21. The molecule has 0 aliphatic rings. The summed E-state index contributed by atoms with van der Waals surface area (Å²) in [6.07, 6.45) is 0.363. The number of hydrogen-bond donors (Lipinski definition) is 0. The van der Waals surface area contributed by atoms with Crippen LogP contribution in [-0.2, 0) is 42.9 Å². The Labute approximate surface area is 596 Å².